The van der Waals surface area contributed by atoms with E-state index in [0.29, 0.717) is 22.3 Å². The summed E-state index contributed by atoms with van der Waals surface area (Å²) in [5.74, 6) is 0.563. The van der Waals surface area contributed by atoms with Crippen LogP contribution in [-0.2, 0) is 0 Å². The number of hydrogen-bond acceptors (Lipinski definition) is 3. The Morgan fingerprint density at radius 3 is 2.50 bits per heavy atom. The van der Waals surface area contributed by atoms with Crippen molar-refractivity contribution in [1.82, 2.24) is 5.32 Å². The van der Waals surface area contributed by atoms with Crippen LogP contribution >= 0.6 is 23.2 Å². The molecule has 1 unspecified atom stereocenters. The Bertz CT molecular complexity index is 314. The maximum atomic E-state index is 9.53. The van der Waals surface area contributed by atoms with Gasteiger partial charge >= 0.3 is 0 Å². The number of rotatable bonds is 6. The van der Waals surface area contributed by atoms with E-state index in [0.717, 1.165) is 6.54 Å². The van der Waals surface area contributed by atoms with Crippen LogP contribution in [0.4, 0.5) is 0 Å². The van der Waals surface area contributed by atoms with Gasteiger partial charge < -0.3 is 15.2 Å². The van der Waals surface area contributed by atoms with Gasteiger partial charge in [-0.05, 0) is 24.7 Å². The van der Waals surface area contributed by atoms with Crippen molar-refractivity contribution < 1.29 is 9.84 Å². The Morgan fingerprint density at radius 2 is 1.94 bits per heavy atom. The van der Waals surface area contributed by atoms with E-state index in [9.17, 15) is 5.11 Å². The largest absolute Gasteiger partial charge is 0.491 e. The van der Waals surface area contributed by atoms with Crippen molar-refractivity contribution >= 4 is 23.2 Å². The van der Waals surface area contributed by atoms with Gasteiger partial charge in [0.2, 0.25) is 0 Å². The molecule has 0 aliphatic carbocycles. The van der Waals surface area contributed by atoms with Crippen molar-refractivity contribution in [1.29, 1.82) is 0 Å². The fraction of sp³-hybridized carbons (Fsp3) is 0.455. The zero-order valence-electron chi connectivity index (χ0n) is 9.04. The van der Waals surface area contributed by atoms with Crippen LogP contribution in [0.5, 0.6) is 5.75 Å². The third-order valence-electron chi connectivity index (χ3n) is 1.91. The summed E-state index contributed by atoms with van der Waals surface area (Å²) in [4.78, 5) is 0. The van der Waals surface area contributed by atoms with Gasteiger partial charge in [0.1, 0.15) is 18.5 Å². The van der Waals surface area contributed by atoms with Crippen LogP contribution in [0.3, 0.4) is 0 Å². The molecule has 0 aliphatic heterocycles. The second kappa shape index (κ2) is 6.97. The molecule has 0 heterocycles. The number of hydrogen-bond donors (Lipinski definition) is 2. The molecule has 0 bridgehead atoms. The topological polar surface area (TPSA) is 41.5 Å². The lowest BCUT2D eigenvalue weighted by molar-refractivity contribution is 0.107. The fourth-order valence-electron chi connectivity index (χ4n) is 1.17. The lowest BCUT2D eigenvalue weighted by atomic mass is 10.3. The maximum Gasteiger partial charge on any atom is 0.122 e. The summed E-state index contributed by atoms with van der Waals surface area (Å²) in [5, 5.41) is 13.6. The Kier molecular flexibility index (Phi) is 5.91. The maximum absolute atomic E-state index is 9.53. The van der Waals surface area contributed by atoms with Crippen LogP contribution in [0.25, 0.3) is 0 Å². The third kappa shape index (κ3) is 5.03. The molecule has 0 amide bonds. The molecular weight excluding hydrogens is 249 g/mol. The number of ether oxygens (including phenoxy) is 1. The Morgan fingerprint density at radius 1 is 1.31 bits per heavy atom. The Labute approximate surface area is 105 Å². The van der Waals surface area contributed by atoms with Crippen molar-refractivity contribution in [2.75, 3.05) is 19.7 Å². The molecule has 1 aromatic carbocycles. The van der Waals surface area contributed by atoms with Gasteiger partial charge in [-0.3, -0.25) is 0 Å². The van der Waals surface area contributed by atoms with Gasteiger partial charge in [0.25, 0.3) is 0 Å². The number of aliphatic hydroxyl groups excluding tert-OH is 1. The van der Waals surface area contributed by atoms with Crippen molar-refractivity contribution in [3.63, 3.8) is 0 Å². The van der Waals surface area contributed by atoms with Gasteiger partial charge in [0.15, 0.2) is 0 Å². The molecule has 5 heteroatoms. The monoisotopic (exact) mass is 263 g/mol. The molecule has 0 saturated heterocycles. The van der Waals surface area contributed by atoms with E-state index in [1.807, 2.05) is 6.92 Å². The van der Waals surface area contributed by atoms with E-state index < -0.39 is 6.10 Å². The van der Waals surface area contributed by atoms with Gasteiger partial charge in [-0.2, -0.15) is 0 Å². The molecular formula is C11H15Cl2NO2. The van der Waals surface area contributed by atoms with Crippen LogP contribution in [-0.4, -0.2) is 30.9 Å². The zero-order chi connectivity index (χ0) is 12.0. The van der Waals surface area contributed by atoms with Gasteiger partial charge in [0, 0.05) is 16.6 Å². The van der Waals surface area contributed by atoms with Gasteiger partial charge in [-0.25, -0.2) is 0 Å². The minimum atomic E-state index is -0.544. The fourth-order valence-corrected chi connectivity index (χ4v) is 1.68. The number of nitrogens with one attached hydrogen (secondary N) is 1. The summed E-state index contributed by atoms with van der Waals surface area (Å²) < 4.78 is 5.37. The summed E-state index contributed by atoms with van der Waals surface area (Å²) in [6.45, 7) is 3.51. The Balaban J connectivity index is 2.41. The molecule has 0 aromatic heterocycles. The first kappa shape index (κ1) is 13.6. The van der Waals surface area contributed by atoms with Crippen LogP contribution < -0.4 is 10.1 Å². The summed E-state index contributed by atoms with van der Waals surface area (Å²) in [5.41, 5.74) is 0. The molecule has 0 fully saturated rings. The van der Waals surface area contributed by atoms with Crippen molar-refractivity contribution in [3.05, 3.63) is 28.2 Å². The number of halogens is 2. The van der Waals surface area contributed by atoms with E-state index >= 15 is 0 Å². The van der Waals surface area contributed by atoms with E-state index in [4.69, 9.17) is 27.9 Å². The smallest absolute Gasteiger partial charge is 0.122 e. The van der Waals surface area contributed by atoms with Crippen LogP contribution in [0, 0.1) is 0 Å². The molecule has 1 atom stereocenters. The molecule has 0 radical (unpaired) electrons. The van der Waals surface area contributed by atoms with E-state index in [1.54, 1.807) is 18.2 Å². The highest BCUT2D eigenvalue weighted by Gasteiger charge is 2.05. The number of likely N-dealkylation sites (N-methyl/N-ethyl adjacent to an activating group) is 1. The quantitative estimate of drug-likeness (QED) is 0.828. The average Bonchev–Trinajstić information content (AvgIpc) is 2.22. The predicted octanol–water partition coefficient (Wildman–Crippen LogP) is 2.34. The molecule has 3 nitrogen and oxygen atoms in total. The third-order valence-corrected chi connectivity index (χ3v) is 2.34. The summed E-state index contributed by atoms with van der Waals surface area (Å²) in [7, 11) is 0. The molecule has 0 saturated carbocycles. The first-order valence-electron chi connectivity index (χ1n) is 5.09. The first-order chi connectivity index (χ1) is 7.61. The lowest BCUT2D eigenvalue weighted by Gasteiger charge is -2.12. The van der Waals surface area contributed by atoms with E-state index in [2.05, 4.69) is 5.32 Å². The highest BCUT2D eigenvalue weighted by molar-refractivity contribution is 6.34. The minimum absolute atomic E-state index is 0.212. The van der Waals surface area contributed by atoms with Crippen molar-refractivity contribution in [3.8, 4) is 5.75 Å². The van der Waals surface area contributed by atoms with Crippen molar-refractivity contribution in [2.45, 2.75) is 13.0 Å². The standard InChI is InChI=1S/C11H15Cl2NO2/c1-2-14-6-10(15)7-16-11-4-8(12)3-9(13)5-11/h3-5,10,14-15H,2,6-7H2,1H3. The summed E-state index contributed by atoms with van der Waals surface area (Å²) >= 11 is 11.6. The highest BCUT2D eigenvalue weighted by atomic mass is 35.5. The molecule has 0 aliphatic rings. The minimum Gasteiger partial charge on any atom is -0.491 e. The number of benzene rings is 1. The second-order valence-electron chi connectivity index (χ2n) is 3.38. The predicted molar refractivity (Wildman–Crippen MR) is 66.5 cm³/mol. The second-order valence-corrected chi connectivity index (χ2v) is 4.25. The molecule has 1 aromatic rings. The van der Waals surface area contributed by atoms with E-state index in [1.165, 1.54) is 0 Å². The summed E-state index contributed by atoms with van der Waals surface area (Å²) in [6.07, 6.45) is -0.544. The zero-order valence-corrected chi connectivity index (χ0v) is 10.6. The van der Waals surface area contributed by atoms with Gasteiger partial charge in [-0.15, -0.1) is 0 Å². The highest BCUT2D eigenvalue weighted by Crippen LogP contribution is 2.24. The normalized spacial score (nSPS) is 12.5. The van der Waals surface area contributed by atoms with E-state index in [-0.39, 0.29) is 6.61 Å². The van der Waals surface area contributed by atoms with Crippen LogP contribution in [0.2, 0.25) is 10.0 Å². The first-order valence-corrected chi connectivity index (χ1v) is 5.85. The summed E-state index contributed by atoms with van der Waals surface area (Å²) in [6, 6.07) is 4.95. The molecule has 0 spiro atoms. The SMILES string of the molecule is CCNCC(O)COc1cc(Cl)cc(Cl)c1. The van der Waals surface area contributed by atoms with Crippen LogP contribution in [0.1, 0.15) is 6.92 Å². The molecule has 90 valence electrons. The molecule has 2 N–H and O–H groups in total. The number of aliphatic hydroxyl groups is 1. The lowest BCUT2D eigenvalue weighted by Crippen LogP contribution is -2.31. The molecule has 1 rings (SSSR count). The van der Waals surface area contributed by atoms with Crippen LogP contribution in [0.15, 0.2) is 18.2 Å². The van der Waals surface area contributed by atoms with Crippen molar-refractivity contribution in [2.24, 2.45) is 0 Å². The Hall–Kier alpha value is -0.480. The van der Waals surface area contributed by atoms with Gasteiger partial charge in [-0.1, -0.05) is 30.1 Å². The molecule has 16 heavy (non-hydrogen) atoms. The van der Waals surface area contributed by atoms with Gasteiger partial charge in [0.05, 0.1) is 0 Å². The average molecular weight is 264 g/mol.